The van der Waals surface area contributed by atoms with Crippen LogP contribution >= 0.6 is 11.6 Å². The second-order valence-electron chi connectivity index (χ2n) is 6.88. The Hall–Kier alpha value is -2.29. The number of ketones is 1. The van der Waals surface area contributed by atoms with Gasteiger partial charge in [-0.1, -0.05) is 23.7 Å². The maximum absolute atomic E-state index is 13.2. The van der Waals surface area contributed by atoms with E-state index in [1.165, 1.54) is 53.7 Å². The quantitative estimate of drug-likeness (QED) is 0.721. The largest absolute Gasteiger partial charge is 0.326 e. The van der Waals surface area contributed by atoms with Crippen molar-refractivity contribution in [1.29, 1.82) is 0 Å². The van der Waals surface area contributed by atoms with Crippen LogP contribution in [0.4, 0.5) is 10.1 Å². The Balaban J connectivity index is 1.62. The summed E-state index contributed by atoms with van der Waals surface area (Å²) in [5, 5.41) is 2.61. The van der Waals surface area contributed by atoms with Crippen LogP contribution in [-0.4, -0.2) is 37.5 Å². The fraction of sp³-hybridized carbons (Fsp3) is 0.300. The molecule has 0 aromatic heterocycles. The highest BCUT2D eigenvalue weighted by Gasteiger charge is 2.32. The number of nitrogens with one attached hydrogen (secondary N) is 1. The van der Waals surface area contributed by atoms with Gasteiger partial charge in [0.1, 0.15) is 5.82 Å². The van der Waals surface area contributed by atoms with Crippen LogP contribution in [0, 0.1) is 11.7 Å². The normalized spacial score (nSPS) is 15.8. The smallest absolute Gasteiger partial charge is 0.243 e. The monoisotopic (exact) mass is 438 g/mol. The molecule has 6 nitrogen and oxygen atoms in total. The van der Waals surface area contributed by atoms with Crippen molar-refractivity contribution in [1.82, 2.24) is 4.31 Å². The van der Waals surface area contributed by atoms with Crippen molar-refractivity contribution < 1.29 is 22.4 Å². The Morgan fingerprint density at radius 2 is 1.72 bits per heavy atom. The van der Waals surface area contributed by atoms with Gasteiger partial charge in [-0.15, -0.1) is 0 Å². The Labute approximate surface area is 173 Å². The topological polar surface area (TPSA) is 83.6 Å². The van der Waals surface area contributed by atoms with E-state index in [9.17, 15) is 22.4 Å². The predicted molar refractivity (Wildman–Crippen MR) is 108 cm³/mol. The molecule has 9 heteroatoms. The van der Waals surface area contributed by atoms with Crippen LogP contribution in [0.15, 0.2) is 47.4 Å². The lowest BCUT2D eigenvalue weighted by Gasteiger charge is -2.30. The highest BCUT2D eigenvalue weighted by Crippen LogP contribution is 2.26. The summed E-state index contributed by atoms with van der Waals surface area (Å²) < 4.78 is 40.2. The molecule has 0 aliphatic carbocycles. The van der Waals surface area contributed by atoms with Crippen molar-refractivity contribution in [3.63, 3.8) is 0 Å². The molecule has 3 rings (SSSR count). The molecule has 0 spiro atoms. The van der Waals surface area contributed by atoms with Crippen molar-refractivity contribution in [3.05, 3.63) is 58.9 Å². The number of amides is 1. The third-order valence-electron chi connectivity index (χ3n) is 4.91. The molecule has 1 N–H and O–H groups in total. The van der Waals surface area contributed by atoms with Gasteiger partial charge < -0.3 is 5.32 Å². The average molecular weight is 439 g/mol. The number of carbonyl (C=O) groups is 2. The van der Waals surface area contributed by atoms with Gasteiger partial charge in [-0.2, -0.15) is 4.31 Å². The molecule has 0 atom stereocenters. The first-order valence-corrected chi connectivity index (χ1v) is 10.9. The third kappa shape index (κ3) is 4.83. The summed E-state index contributed by atoms with van der Waals surface area (Å²) in [4.78, 5) is 23.9. The third-order valence-corrected chi connectivity index (χ3v) is 7.11. The zero-order valence-electron chi connectivity index (χ0n) is 15.7. The summed E-state index contributed by atoms with van der Waals surface area (Å²) >= 11 is 5.72. The number of hydrogen-bond donors (Lipinski definition) is 1. The molecule has 0 bridgehead atoms. The zero-order chi connectivity index (χ0) is 21.2. The summed E-state index contributed by atoms with van der Waals surface area (Å²) in [5.74, 6) is -1.32. The molecular weight excluding hydrogens is 419 g/mol. The van der Waals surface area contributed by atoms with Crippen LogP contribution in [-0.2, 0) is 14.8 Å². The first-order chi connectivity index (χ1) is 13.7. The Morgan fingerprint density at radius 3 is 2.28 bits per heavy atom. The fourth-order valence-corrected chi connectivity index (χ4v) is 4.84. The number of rotatable bonds is 5. The van der Waals surface area contributed by atoms with Gasteiger partial charge >= 0.3 is 0 Å². The number of hydrogen-bond acceptors (Lipinski definition) is 4. The van der Waals surface area contributed by atoms with Gasteiger partial charge in [-0.05, 0) is 50.1 Å². The molecule has 2 aromatic rings. The molecule has 1 saturated heterocycles. The molecule has 1 amide bonds. The van der Waals surface area contributed by atoms with Crippen molar-refractivity contribution in [2.24, 2.45) is 5.92 Å². The Kier molecular flexibility index (Phi) is 6.36. The number of nitrogens with zero attached hydrogens (tertiary/aromatic N) is 1. The van der Waals surface area contributed by atoms with E-state index in [1.54, 1.807) is 0 Å². The zero-order valence-corrected chi connectivity index (χ0v) is 17.3. The molecular formula is C20H20ClFN2O4S. The Morgan fingerprint density at radius 1 is 1.10 bits per heavy atom. The van der Waals surface area contributed by atoms with Crippen LogP contribution in [0.1, 0.15) is 30.1 Å². The van der Waals surface area contributed by atoms with Crippen LogP contribution in [0.25, 0.3) is 0 Å². The van der Waals surface area contributed by atoms with Gasteiger partial charge in [0.25, 0.3) is 0 Å². The Bertz CT molecular complexity index is 1030. The van der Waals surface area contributed by atoms with Gasteiger partial charge in [0.05, 0.1) is 9.92 Å². The number of halogens is 2. The average Bonchev–Trinajstić information content (AvgIpc) is 2.71. The molecule has 29 heavy (non-hydrogen) atoms. The molecule has 154 valence electrons. The van der Waals surface area contributed by atoms with Crippen LogP contribution in [0.2, 0.25) is 5.02 Å². The molecule has 0 unspecified atom stereocenters. The van der Waals surface area contributed by atoms with E-state index >= 15 is 0 Å². The van der Waals surface area contributed by atoms with E-state index in [4.69, 9.17) is 11.6 Å². The lowest BCUT2D eigenvalue weighted by Crippen LogP contribution is -2.41. The first-order valence-electron chi connectivity index (χ1n) is 9.05. The van der Waals surface area contributed by atoms with E-state index in [1.807, 2.05) is 0 Å². The van der Waals surface area contributed by atoms with Gasteiger partial charge in [0, 0.05) is 30.3 Å². The number of Topliss-reactive ketones (excluding diaryl/α,β-unsaturated/α-hetero) is 1. The molecule has 1 aliphatic heterocycles. The highest BCUT2D eigenvalue weighted by molar-refractivity contribution is 7.89. The van der Waals surface area contributed by atoms with Gasteiger partial charge in [-0.25, -0.2) is 12.8 Å². The number of carbonyl (C=O) groups excluding carboxylic acids is 2. The van der Waals surface area contributed by atoms with E-state index in [0.717, 1.165) is 0 Å². The minimum absolute atomic E-state index is 0.0838. The highest BCUT2D eigenvalue weighted by atomic mass is 35.5. The van der Waals surface area contributed by atoms with Gasteiger partial charge in [0.2, 0.25) is 15.9 Å². The van der Waals surface area contributed by atoms with Crippen molar-refractivity contribution >= 4 is 39.0 Å². The van der Waals surface area contributed by atoms with E-state index in [2.05, 4.69) is 5.32 Å². The number of sulfonamides is 1. The molecule has 2 aromatic carbocycles. The summed E-state index contributed by atoms with van der Waals surface area (Å²) in [6.45, 7) is 1.83. The second-order valence-corrected chi connectivity index (χ2v) is 9.22. The van der Waals surface area contributed by atoms with E-state index in [-0.39, 0.29) is 40.6 Å². The molecule has 0 radical (unpaired) electrons. The lowest BCUT2D eigenvalue weighted by atomic mass is 9.97. The van der Waals surface area contributed by atoms with Gasteiger partial charge in [0.15, 0.2) is 5.78 Å². The molecule has 1 fully saturated rings. The van der Waals surface area contributed by atoms with Gasteiger partial charge in [-0.3, -0.25) is 9.59 Å². The van der Waals surface area contributed by atoms with Crippen molar-refractivity contribution in [3.8, 4) is 0 Å². The number of anilines is 1. The maximum Gasteiger partial charge on any atom is 0.243 e. The molecule has 1 heterocycles. The lowest BCUT2D eigenvalue weighted by molar-refractivity contribution is -0.120. The predicted octanol–water partition coefficient (Wildman–Crippen LogP) is 3.72. The summed E-state index contributed by atoms with van der Waals surface area (Å²) in [7, 11) is -3.69. The number of piperidine rings is 1. The van der Waals surface area contributed by atoms with Crippen molar-refractivity contribution in [2.75, 3.05) is 18.4 Å². The van der Waals surface area contributed by atoms with Crippen molar-refractivity contribution in [2.45, 2.75) is 24.7 Å². The molecule has 1 aliphatic rings. The summed E-state index contributed by atoms with van der Waals surface area (Å²) in [5.41, 5.74) is 0.835. The summed E-state index contributed by atoms with van der Waals surface area (Å²) in [6, 6.07) is 9.74. The molecule has 0 saturated carbocycles. The summed E-state index contributed by atoms with van der Waals surface area (Å²) in [6.07, 6.45) is 0.733. The van der Waals surface area contributed by atoms with Crippen LogP contribution < -0.4 is 5.32 Å². The standard InChI is InChI=1S/C20H20ClFN2O4S/c1-13(25)14-2-5-17(6-3-14)29(27,28)24-10-8-15(9-11-24)20(26)23-16-4-7-19(22)18(21)12-16/h2-7,12,15H,8-11H2,1H3,(H,23,26). The van der Waals surface area contributed by atoms with Crippen LogP contribution in [0.5, 0.6) is 0 Å². The van der Waals surface area contributed by atoms with E-state index in [0.29, 0.717) is 24.1 Å². The minimum Gasteiger partial charge on any atom is -0.326 e. The van der Waals surface area contributed by atoms with Crippen LogP contribution in [0.3, 0.4) is 0 Å². The van der Waals surface area contributed by atoms with E-state index < -0.39 is 15.8 Å². The fourth-order valence-electron chi connectivity index (χ4n) is 3.19. The second kappa shape index (κ2) is 8.61. The maximum atomic E-state index is 13.2. The number of benzene rings is 2. The first kappa shape index (κ1) is 21.4. The SMILES string of the molecule is CC(=O)c1ccc(S(=O)(=O)N2CCC(C(=O)Nc3ccc(F)c(Cl)c3)CC2)cc1. The minimum atomic E-state index is -3.69.